The number of nitrogens with two attached hydrogens (primary N) is 2. The Balaban J connectivity index is 1.41. The molecule has 3 atom stereocenters. The smallest absolute Gasteiger partial charge is 0.316 e. The van der Waals surface area contributed by atoms with Gasteiger partial charge < -0.3 is 27.0 Å². The molecular formula is C23H23ClN8O4. The van der Waals surface area contributed by atoms with Gasteiger partial charge in [-0.2, -0.15) is 5.10 Å². The Kier molecular flexibility index (Phi) is 5.96. The molecule has 2 aromatic heterocycles. The fraction of sp³-hybridized carbons (Fsp3) is 0.304. The molecule has 13 heteroatoms. The average Bonchev–Trinajstić information content (AvgIpc) is 3.52. The van der Waals surface area contributed by atoms with Crippen LogP contribution in [-0.4, -0.2) is 55.5 Å². The van der Waals surface area contributed by atoms with E-state index in [9.17, 15) is 19.2 Å². The van der Waals surface area contributed by atoms with Crippen LogP contribution >= 0.6 is 11.6 Å². The zero-order chi connectivity index (χ0) is 25.6. The van der Waals surface area contributed by atoms with Gasteiger partial charge in [0.15, 0.2) is 5.69 Å². The van der Waals surface area contributed by atoms with E-state index in [1.54, 1.807) is 35.2 Å². The quantitative estimate of drug-likeness (QED) is 0.366. The minimum Gasteiger partial charge on any atom is -0.364 e. The highest BCUT2D eigenvalue weighted by molar-refractivity contribution is 6.29. The van der Waals surface area contributed by atoms with Crippen LogP contribution in [0.15, 0.2) is 36.4 Å². The molecule has 1 aromatic carbocycles. The number of pyridine rings is 1. The summed E-state index contributed by atoms with van der Waals surface area (Å²) in [5.41, 5.74) is 11.5. The van der Waals surface area contributed by atoms with Gasteiger partial charge in [0.25, 0.3) is 5.91 Å². The van der Waals surface area contributed by atoms with Gasteiger partial charge in [0.05, 0.1) is 5.52 Å². The molecule has 0 spiro atoms. The number of anilines is 2. The summed E-state index contributed by atoms with van der Waals surface area (Å²) in [7, 11) is 0. The number of likely N-dealkylation sites (tertiary alicyclic amines) is 1. The lowest BCUT2D eigenvalue weighted by Gasteiger charge is -2.34. The van der Waals surface area contributed by atoms with Crippen LogP contribution in [0.3, 0.4) is 0 Å². The summed E-state index contributed by atoms with van der Waals surface area (Å²) in [6.07, 6.45) is 2.40. The summed E-state index contributed by atoms with van der Waals surface area (Å²) < 4.78 is 1.38. The van der Waals surface area contributed by atoms with E-state index in [0.29, 0.717) is 22.4 Å². The van der Waals surface area contributed by atoms with Crippen LogP contribution in [-0.2, 0) is 16.1 Å². The van der Waals surface area contributed by atoms with E-state index in [-0.39, 0.29) is 41.2 Å². The maximum Gasteiger partial charge on any atom is 0.316 e. The monoisotopic (exact) mass is 510 g/mol. The second-order valence-corrected chi connectivity index (χ2v) is 9.29. The van der Waals surface area contributed by atoms with Gasteiger partial charge in [-0.15, -0.1) is 0 Å². The van der Waals surface area contributed by atoms with Crippen molar-refractivity contribution >= 4 is 57.8 Å². The van der Waals surface area contributed by atoms with Crippen molar-refractivity contribution in [3.8, 4) is 0 Å². The van der Waals surface area contributed by atoms with Gasteiger partial charge in [0.1, 0.15) is 23.6 Å². The normalized spacial score (nSPS) is 20.5. The van der Waals surface area contributed by atoms with Gasteiger partial charge >= 0.3 is 6.03 Å². The third-order valence-electron chi connectivity index (χ3n) is 6.64. The number of carbonyl (C=O) groups is 4. The molecule has 6 N–H and O–H groups in total. The van der Waals surface area contributed by atoms with Crippen LogP contribution in [0.4, 0.5) is 16.3 Å². The van der Waals surface area contributed by atoms with Gasteiger partial charge in [-0.3, -0.25) is 19.1 Å². The molecule has 1 aliphatic carbocycles. The Labute approximate surface area is 209 Å². The number of hydrogen-bond acceptors (Lipinski definition) is 6. The summed E-state index contributed by atoms with van der Waals surface area (Å²) in [5.74, 6) is -1.06. The van der Waals surface area contributed by atoms with Gasteiger partial charge in [0, 0.05) is 17.1 Å². The molecule has 3 heterocycles. The lowest BCUT2D eigenvalue weighted by atomic mass is 9.97. The summed E-state index contributed by atoms with van der Waals surface area (Å²) in [6, 6.07) is 8.13. The average molecular weight is 511 g/mol. The molecule has 186 valence electrons. The van der Waals surface area contributed by atoms with E-state index in [1.165, 1.54) is 10.7 Å². The number of aromatic nitrogens is 3. The number of nitrogens with zero attached hydrogens (tertiary/aromatic N) is 4. The standard InChI is InChI=1S/C23H23ClN8O4/c24-16-2-1-3-17(28-16)29-22(35)20-11-4-6-13(8-11)32(20)18(33)10-31-15-7-5-12(27-23(26)36)9-14(15)19(30-31)21(25)34/h1-3,5,7,9,11,13,20H,4,6,8,10H2,(H2,25,34)(H3,26,27,36)(H,28,29,35)/t11-,13+,20-/m0/s1. The maximum atomic E-state index is 13.5. The number of piperidine rings is 1. The second-order valence-electron chi connectivity index (χ2n) is 8.90. The molecule has 36 heavy (non-hydrogen) atoms. The van der Waals surface area contributed by atoms with Crippen molar-refractivity contribution in [2.24, 2.45) is 17.4 Å². The number of nitrogens with one attached hydrogen (secondary N) is 2. The van der Waals surface area contributed by atoms with Gasteiger partial charge in [-0.25, -0.2) is 9.78 Å². The van der Waals surface area contributed by atoms with Crippen molar-refractivity contribution in [3.05, 3.63) is 47.2 Å². The van der Waals surface area contributed by atoms with Crippen LogP contribution in [0.5, 0.6) is 0 Å². The number of primary amides is 2. The second kappa shape index (κ2) is 9.11. The number of amides is 5. The third-order valence-corrected chi connectivity index (χ3v) is 6.86. The largest absolute Gasteiger partial charge is 0.364 e. The molecule has 1 saturated carbocycles. The number of hydrogen-bond donors (Lipinski definition) is 4. The number of halogens is 1. The summed E-state index contributed by atoms with van der Waals surface area (Å²) in [6.45, 7) is -0.200. The summed E-state index contributed by atoms with van der Waals surface area (Å²) in [5, 5.41) is 10.1. The number of fused-ring (bicyclic) bond motifs is 3. The topological polar surface area (TPSA) is 178 Å². The molecule has 2 fully saturated rings. The first-order chi connectivity index (χ1) is 17.2. The molecule has 1 aliphatic heterocycles. The van der Waals surface area contributed by atoms with Crippen LogP contribution < -0.4 is 22.1 Å². The molecule has 5 rings (SSSR count). The minimum atomic E-state index is -0.783. The maximum absolute atomic E-state index is 13.5. The van der Waals surface area contributed by atoms with Crippen molar-refractivity contribution in [1.82, 2.24) is 19.7 Å². The first-order valence-electron chi connectivity index (χ1n) is 11.3. The van der Waals surface area contributed by atoms with Crippen molar-refractivity contribution in [2.45, 2.75) is 37.9 Å². The molecule has 5 amide bonds. The molecule has 0 unspecified atom stereocenters. The molecule has 2 bridgehead atoms. The molecular weight excluding hydrogens is 488 g/mol. The van der Waals surface area contributed by atoms with E-state index in [1.807, 2.05) is 0 Å². The Morgan fingerprint density at radius 3 is 2.61 bits per heavy atom. The van der Waals surface area contributed by atoms with Crippen molar-refractivity contribution in [2.75, 3.05) is 10.6 Å². The Bertz CT molecular complexity index is 1410. The lowest BCUT2D eigenvalue weighted by Crippen LogP contribution is -2.52. The first-order valence-corrected chi connectivity index (χ1v) is 11.7. The van der Waals surface area contributed by atoms with Crippen LogP contribution in [0.25, 0.3) is 10.9 Å². The van der Waals surface area contributed by atoms with Crippen molar-refractivity contribution < 1.29 is 19.2 Å². The van der Waals surface area contributed by atoms with Crippen LogP contribution in [0, 0.1) is 5.92 Å². The highest BCUT2D eigenvalue weighted by atomic mass is 35.5. The van der Waals surface area contributed by atoms with E-state index >= 15 is 0 Å². The zero-order valence-electron chi connectivity index (χ0n) is 19.0. The molecule has 1 saturated heterocycles. The number of urea groups is 1. The number of rotatable bonds is 6. The Hall–Kier alpha value is -4.19. The van der Waals surface area contributed by atoms with Crippen molar-refractivity contribution in [3.63, 3.8) is 0 Å². The predicted octanol–water partition coefficient (Wildman–Crippen LogP) is 1.69. The van der Waals surface area contributed by atoms with E-state index < -0.39 is 18.0 Å². The van der Waals surface area contributed by atoms with Gasteiger partial charge in [-0.05, 0) is 55.5 Å². The summed E-state index contributed by atoms with van der Waals surface area (Å²) >= 11 is 5.93. The zero-order valence-corrected chi connectivity index (χ0v) is 19.7. The van der Waals surface area contributed by atoms with E-state index in [4.69, 9.17) is 23.1 Å². The predicted molar refractivity (Wildman–Crippen MR) is 131 cm³/mol. The third kappa shape index (κ3) is 4.31. The van der Waals surface area contributed by atoms with Crippen molar-refractivity contribution in [1.29, 1.82) is 0 Å². The molecule has 3 aromatic rings. The molecule has 2 aliphatic rings. The highest BCUT2D eigenvalue weighted by Gasteiger charge is 2.51. The number of carbonyl (C=O) groups excluding carboxylic acids is 4. The Morgan fingerprint density at radius 1 is 1.08 bits per heavy atom. The summed E-state index contributed by atoms with van der Waals surface area (Å²) in [4.78, 5) is 55.7. The van der Waals surface area contributed by atoms with Gasteiger partial charge in [0.2, 0.25) is 11.8 Å². The fourth-order valence-corrected chi connectivity index (χ4v) is 5.44. The lowest BCUT2D eigenvalue weighted by molar-refractivity contribution is -0.141. The minimum absolute atomic E-state index is 0.0381. The van der Waals surface area contributed by atoms with Crippen LogP contribution in [0.2, 0.25) is 5.15 Å². The molecule has 0 radical (unpaired) electrons. The fourth-order valence-electron chi connectivity index (χ4n) is 5.27. The van der Waals surface area contributed by atoms with E-state index in [2.05, 4.69) is 20.7 Å². The van der Waals surface area contributed by atoms with Gasteiger partial charge in [-0.1, -0.05) is 17.7 Å². The SMILES string of the molecule is NC(=O)Nc1ccc2c(c1)c(C(N)=O)nn2CC(=O)N1[C@@H]2CC[C@@H](C2)[C@H]1C(=O)Nc1cccc(Cl)n1. The Morgan fingerprint density at radius 2 is 1.89 bits per heavy atom. The van der Waals surface area contributed by atoms with E-state index in [0.717, 1.165) is 19.3 Å². The first kappa shape index (κ1) is 23.5. The number of benzene rings is 1. The highest BCUT2D eigenvalue weighted by Crippen LogP contribution is 2.43. The molecule has 12 nitrogen and oxygen atoms in total. The van der Waals surface area contributed by atoms with Crippen LogP contribution in [0.1, 0.15) is 29.8 Å².